The Balaban J connectivity index is 1.71. The first-order valence-electron chi connectivity index (χ1n) is 6.33. The van der Waals surface area contributed by atoms with Crippen molar-refractivity contribution in [3.63, 3.8) is 0 Å². The Morgan fingerprint density at radius 2 is 2.29 bits per heavy atom. The third kappa shape index (κ3) is 1.69. The first-order valence-corrected chi connectivity index (χ1v) is 6.33. The van der Waals surface area contributed by atoms with E-state index >= 15 is 0 Å². The van der Waals surface area contributed by atoms with E-state index in [1.54, 1.807) is 0 Å². The summed E-state index contributed by atoms with van der Waals surface area (Å²) in [6.45, 7) is 6.56. The molecule has 0 aromatic carbocycles. The molecule has 2 aliphatic rings. The quantitative estimate of drug-likeness (QED) is 0.787. The lowest BCUT2D eigenvalue weighted by molar-refractivity contribution is -0.125. The standard InChI is InChI=1S/C12H20N4O/c1-2-10-3-14-16(4-10)12(7-13)8-15(9-12)11-5-17-6-11/h3-4,11H,2,5-9,13H2,1H3. The van der Waals surface area contributed by atoms with Crippen LogP contribution in [0.4, 0.5) is 0 Å². The molecule has 3 heterocycles. The molecule has 0 radical (unpaired) electrons. The summed E-state index contributed by atoms with van der Waals surface area (Å²) in [4.78, 5) is 2.45. The van der Waals surface area contributed by atoms with Gasteiger partial charge in [-0.25, -0.2) is 0 Å². The maximum absolute atomic E-state index is 5.95. The van der Waals surface area contributed by atoms with E-state index in [1.165, 1.54) is 5.56 Å². The molecule has 0 unspecified atom stereocenters. The van der Waals surface area contributed by atoms with Crippen LogP contribution in [0.5, 0.6) is 0 Å². The van der Waals surface area contributed by atoms with Gasteiger partial charge in [0.15, 0.2) is 0 Å². The third-order valence-electron chi connectivity index (χ3n) is 4.04. The number of ether oxygens (including phenoxy) is 1. The van der Waals surface area contributed by atoms with Gasteiger partial charge < -0.3 is 10.5 Å². The van der Waals surface area contributed by atoms with Crippen LogP contribution >= 0.6 is 0 Å². The van der Waals surface area contributed by atoms with Gasteiger partial charge in [0.2, 0.25) is 0 Å². The van der Waals surface area contributed by atoms with Gasteiger partial charge in [0.05, 0.1) is 25.5 Å². The molecule has 2 N–H and O–H groups in total. The SMILES string of the molecule is CCc1cnn(C2(CN)CN(C3COC3)C2)c1. The Labute approximate surface area is 102 Å². The largest absolute Gasteiger partial charge is 0.378 e. The molecule has 1 aromatic rings. The second-order valence-electron chi connectivity index (χ2n) is 5.17. The van der Waals surface area contributed by atoms with Gasteiger partial charge in [-0.05, 0) is 12.0 Å². The van der Waals surface area contributed by atoms with Crippen LogP contribution in [0.25, 0.3) is 0 Å². The third-order valence-corrected chi connectivity index (χ3v) is 4.04. The highest BCUT2D eigenvalue weighted by atomic mass is 16.5. The molecule has 94 valence electrons. The lowest BCUT2D eigenvalue weighted by Gasteiger charge is -2.54. The zero-order chi connectivity index (χ0) is 11.9. The predicted octanol–water partition coefficient (Wildman–Crippen LogP) is -0.186. The molecule has 0 spiro atoms. The predicted molar refractivity (Wildman–Crippen MR) is 64.8 cm³/mol. The van der Waals surface area contributed by atoms with Crippen LogP contribution in [0, 0.1) is 0 Å². The zero-order valence-electron chi connectivity index (χ0n) is 10.3. The fourth-order valence-corrected chi connectivity index (χ4v) is 2.57. The molecule has 17 heavy (non-hydrogen) atoms. The Bertz CT molecular complexity index is 393. The number of hydrogen-bond donors (Lipinski definition) is 1. The second kappa shape index (κ2) is 4.08. The van der Waals surface area contributed by atoms with Gasteiger partial charge in [-0.1, -0.05) is 6.92 Å². The van der Waals surface area contributed by atoms with Crippen molar-refractivity contribution in [3.05, 3.63) is 18.0 Å². The number of nitrogens with zero attached hydrogens (tertiary/aromatic N) is 3. The van der Waals surface area contributed by atoms with Crippen LogP contribution in [-0.4, -0.2) is 53.6 Å². The Kier molecular flexibility index (Phi) is 2.69. The number of rotatable bonds is 4. The molecule has 0 saturated carbocycles. The summed E-state index contributed by atoms with van der Waals surface area (Å²) in [6, 6.07) is 0.607. The first-order chi connectivity index (χ1) is 8.27. The van der Waals surface area contributed by atoms with Crippen LogP contribution in [0.1, 0.15) is 12.5 Å². The number of aryl methyl sites for hydroxylation is 1. The van der Waals surface area contributed by atoms with Gasteiger partial charge in [0.25, 0.3) is 0 Å². The van der Waals surface area contributed by atoms with Crippen molar-refractivity contribution in [1.29, 1.82) is 0 Å². The van der Waals surface area contributed by atoms with E-state index in [9.17, 15) is 0 Å². The summed E-state index contributed by atoms with van der Waals surface area (Å²) < 4.78 is 7.30. The number of nitrogens with two attached hydrogens (primary N) is 1. The van der Waals surface area contributed by atoms with E-state index in [0.717, 1.165) is 32.7 Å². The molecule has 5 heteroatoms. The maximum Gasteiger partial charge on any atom is 0.100 e. The van der Waals surface area contributed by atoms with E-state index in [0.29, 0.717) is 12.6 Å². The average molecular weight is 236 g/mol. The molecule has 2 saturated heterocycles. The number of likely N-dealkylation sites (tertiary alicyclic amines) is 1. The zero-order valence-corrected chi connectivity index (χ0v) is 10.3. The summed E-state index contributed by atoms with van der Waals surface area (Å²) in [5, 5.41) is 4.47. The van der Waals surface area contributed by atoms with Gasteiger partial charge in [0, 0.05) is 25.8 Å². The topological polar surface area (TPSA) is 56.3 Å². The average Bonchev–Trinajstić information content (AvgIpc) is 2.68. The highest BCUT2D eigenvalue weighted by Gasteiger charge is 2.48. The molecule has 0 aliphatic carbocycles. The Morgan fingerprint density at radius 3 is 2.76 bits per heavy atom. The summed E-state index contributed by atoms with van der Waals surface area (Å²) in [7, 11) is 0. The molecular formula is C12H20N4O. The number of aromatic nitrogens is 2. The van der Waals surface area contributed by atoms with Crippen molar-refractivity contribution in [3.8, 4) is 0 Å². The molecule has 0 amide bonds. The maximum atomic E-state index is 5.95. The Morgan fingerprint density at radius 1 is 1.53 bits per heavy atom. The van der Waals surface area contributed by atoms with Crippen LogP contribution in [-0.2, 0) is 16.7 Å². The van der Waals surface area contributed by atoms with Crippen LogP contribution in [0.2, 0.25) is 0 Å². The smallest absolute Gasteiger partial charge is 0.100 e. The van der Waals surface area contributed by atoms with Gasteiger partial charge >= 0.3 is 0 Å². The summed E-state index contributed by atoms with van der Waals surface area (Å²) in [6.07, 6.45) is 5.12. The second-order valence-corrected chi connectivity index (χ2v) is 5.17. The highest BCUT2D eigenvalue weighted by molar-refractivity contribution is 5.10. The van der Waals surface area contributed by atoms with E-state index in [-0.39, 0.29) is 5.54 Å². The highest BCUT2D eigenvalue weighted by Crippen LogP contribution is 2.31. The molecule has 1 aromatic heterocycles. The summed E-state index contributed by atoms with van der Waals surface area (Å²) >= 11 is 0. The summed E-state index contributed by atoms with van der Waals surface area (Å²) in [5.74, 6) is 0. The van der Waals surface area contributed by atoms with Gasteiger partial charge in [-0.3, -0.25) is 9.58 Å². The van der Waals surface area contributed by atoms with Gasteiger partial charge in [0.1, 0.15) is 5.54 Å². The van der Waals surface area contributed by atoms with Crippen molar-refractivity contribution in [2.45, 2.75) is 24.9 Å². The van der Waals surface area contributed by atoms with Crippen LogP contribution in [0.3, 0.4) is 0 Å². The molecular weight excluding hydrogens is 216 g/mol. The minimum absolute atomic E-state index is 0.0169. The molecule has 3 rings (SSSR count). The van der Waals surface area contributed by atoms with Crippen LogP contribution < -0.4 is 5.73 Å². The normalized spacial score (nSPS) is 24.4. The van der Waals surface area contributed by atoms with Crippen LogP contribution in [0.15, 0.2) is 12.4 Å². The molecule has 2 aliphatic heterocycles. The summed E-state index contributed by atoms with van der Waals surface area (Å²) in [5.41, 5.74) is 7.25. The monoisotopic (exact) mass is 236 g/mol. The molecule has 5 nitrogen and oxygen atoms in total. The van der Waals surface area contributed by atoms with E-state index in [2.05, 4.69) is 27.8 Å². The van der Waals surface area contributed by atoms with E-state index in [1.807, 2.05) is 6.20 Å². The van der Waals surface area contributed by atoms with Gasteiger partial charge in [-0.15, -0.1) is 0 Å². The van der Waals surface area contributed by atoms with Crippen molar-refractivity contribution < 1.29 is 4.74 Å². The van der Waals surface area contributed by atoms with Crippen molar-refractivity contribution >= 4 is 0 Å². The molecule has 0 bridgehead atoms. The fraction of sp³-hybridized carbons (Fsp3) is 0.750. The first kappa shape index (κ1) is 11.2. The van der Waals surface area contributed by atoms with Crippen molar-refractivity contribution in [2.75, 3.05) is 32.8 Å². The van der Waals surface area contributed by atoms with E-state index < -0.39 is 0 Å². The van der Waals surface area contributed by atoms with Crippen molar-refractivity contribution in [2.24, 2.45) is 5.73 Å². The minimum atomic E-state index is 0.0169. The lowest BCUT2D eigenvalue weighted by atomic mass is 9.88. The number of hydrogen-bond acceptors (Lipinski definition) is 4. The van der Waals surface area contributed by atoms with Gasteiger partial charge in [-0.2, -0.15) is 5.10 Å². The minimum Gasteiger partial charge on any atom is -0.378 e. The molecule has 2 fully saturated rings. The Hall–Kier alpha value is -0.910. The fourth-order valence-electron chi connectivity index (χ4n) is 2.57. The van der Waals surface area contributed by atoms with Crippen molar-refractivity contribution in [1.82, 2.24) is 14.7 Å². The lowest BCUT2D eigenvalue weighted by Crippen LogP contribution is -2.71. The van der Waals surface area contributed by atoms with E-state index in [4.69, 9.17) is 10.5 Å². The molecule has 0 atom stereocenters.